The zero-order valence-electron chi connectivity index (χ0n) is 7.72. The highest BCUT2D eigenvalue weighted by molar-refractivity contribution is 6.32. The molecule has 5 heteroatoms. The van der Waals surface area contributed by atoms with Gasteiger partial charge in [-0.3, -0.25) is 4.79 Å². The minimum atomic E-state index is -0.391. The molecule has 1 rings (SSSR count). The molecule has 14 heavy (non-hydrogen) atoms. The van der Waals surface area contributed by atoms with Gasteiger partial charge >= 0.3 is 0 Å². The quantitative estimate of drug-likeness (QED) is 0.585. The summed E-state index contributed by atoms with van der Waals surface area (Å²) in [6.07, 6.45) is 2.18. The standard InChI is InChI=1S/C9H10ClN3O/c1-2-3-4-5-11-7-6-12-13-9(14)8(7)10/h6H,4-5H2,1H3,(H2,11,13,14). The van der Waals surface area contributed by atoms with Gasteiger partial charge in [-0.05, 0) is 6.92 Å². The molecule has 0 aliphatic heterocycles. The predicted molar refractivity (Wildman–Crippen MR) is 56.4 cm³/mol. The molecule has 0 saturated carbocycles. The van der Waals surface area contributed by atoms with Crippen LogP contribution in [0.25, 0.3) is 0 Å². The molecule has 0 unspecified atom stereocenters. The molecule has 74 valence electrons. The Kier molecular flexibility index (Phi) is 4.02. The van der Waals surface area contributed by atoms with E-state index in [1.807, 2.05) is 0 Å². The monoisotopic (exact) mass is 211 g/mol. The summed E-state index contributed by atoms with van der Waals surface area (Å²) in [7, 11) is 0. The summed E-state index contributed by atoms with van der Waals surface area (Å²) in [4.78, 5) is 11.0. The van der Waals surface area contributed by atoms with Crippen molar-refractivity contribution in [1.82, 2.24) is 10.2 Å². The van der Waals surface area contributed by atoms with Gasteiger partial charge < -0.3 is 5.32 Å². The van der Waals surface area contributed by atoms with Gasteiger partial charge in [-0.2, -0.15) is 5.10 Å². The van der Waals surface area contributed by atoms with Crippen molar-refractivity contribution >= 4 is 17.3 Å². The molecule has 0 radical (unpaired) electrons. The number of aromatic nitrogens is 2. The first-order valence-corrected chi connectivity index (χ1v) is 4.50. The zero-order valence-corrected chi connectivity index (χ0v) is 8.48. The fraction of sp³-hybridized carbons (Fsp3) is 0.333. The summed E-state index contributed by atoms with van der Waals surface area (Å²) in [6, 6.07) is 0. The summed E-state index contributed by atoms with van der Waals surface area (Å²) in [5.74, 6) is 5.66. The molecule has 2 N–H and O–H groups in total. The maximum absolute atomic E-state index is 11.0. The van der Waals surface area contributed by atoms with Crippen LogP contribution >= 0.6 is 11.6 Å². The zero-order chi connectivity index (χ0) is 10.4. The molecule has 0 saturated heterocycles. The van der Waals surface area contributed by atoms with Crippen LogP contribution in [0.1, 0.15) is 13.3 Å². The van der Waals surface area contributed by atoms with Crippen molar-refractivity contribution in [1.29, 1.82) is 0 Å². The van der Waals surface area contributed by atoms with E-state index in [4.69, 9.17) is 11.6 Å². The van der Waals surface area contributed by atoms with Gasteiger partial charge in [-0.1, -0.05) is 11.6 Å². The lowest BCUT2D eigenvalue weighted by atomic mass is 10.4. The maximum atomic E-state index is 11.0. The minimum Gasteiger partial charge on any atom is -0.381 e. The Morgan fingerprint density at radius 2 is 2.50 bits per heavy atom. The van der Waals surface area contributed by atoms with E-state index >= 15 is 0 Å². The second-order valence-electron chi connectivity index (χ2n) is 2.53. The number of nitrogens with zero attached hydrogens (tertiary/aromatic N) is 1. The third kappa shape index (κ3) is 2.79. The molecule has 1 aromatic rings. The van der Waals surface area contributed by atoms with Crippen LogP contribution in [-0.4, -0.2) is 16.7 Å². The van der Waals surface area contributed by atoms with Crippen LogP contribution in [0, 0.1) is 11.8 Å². The molecule has 0 amide bonds. The van der Waals surface area contributed by atoms with Crippen LogP contribution < -0.4 is 10.9 Å². The molecular weight excluding hydrogens is 202 g/mol. The first-order valence-electron chi connectivity index (χ1n) is 4.12. The molecule has 1 heterocycles. The van der Waals surface area contributed by atoms with Crippen molar-refractivity contribution in [3.8, 4) is 11.8 Å². The van der Waals surface area contributed by atoms with Crippen LogP contribution in [0.2, 0.25) is 5.02 Å². The number of nitrogens with one attached hydrogen (secondary N) is 2. The molecule has 4 nitrogen and oxygen atoms in total. The second kappa shape index (κ2) is 5.30. The van der Waals surface area contributed by atoms with E-state index < -0.39 is 5.56 Å². The average Bonchev–Trinajstić information content (AvgIpc) is 2.19. The van der Waals surface area contributed by atoms with Gasteiger partial charge in [-0.25, -0.2) is 5.10 Å². The van der Waals surface area contributed by atoms with E-state index in [0.717, 1.165) is 0 Å². The highest BCUT2D eigenvalue weighted by atomic mass is 35.5. The molecule has 0 aliphatic carbocycles. The van der Waals surface area contributed by atoms with Gasteiger partial charge in [-0.15, -0.1) is 11.8 Å². The topological polar surface area (TPSA) is 57.8 Å². The van der Waals surface area contributed by atoms with Crippen molar-refractivity contribution in [2.45, 2.75) is 13.3 Å². The Bertz CT molecular complexity index is 416. The van der Waals surface area contributed by atoms with E-state index in [1.165, 1.54) is 6.20 Å². The largest absolute Gasteiger partial charge is 0.381 e. The number of hydrogen-bond acceptors (Lipinski definition) is 3. The number of hydrogen-bond donors (Lipinski definition) is 2. The lowest BCUT2D eigenvalue weighted by molar-refractivity contribution is 0.979. The van der Waals surface area contributed by atoms with E-state index in [-0.39, 0.29) is 5.02 Å². The highest BCUT2D eigenvalue weighted by Gasteiger charge is 2.02. The molecule has 0 fully saturated rings. The fourth-order valence-corrected chi connectivity index (χ4v) is 1.05. The molecule has 0 atom stereocenters. The second-order valence-corrected chi connectivity index (χ2v) is 2.91. The van der Waals surface area contributed by atoms with Gasteiger partial charge in [0.1, 0.15) is 5.02 Å². The Morgan fingerprint density at radius 1 is 1.71 bits per heavy atom. The van der Waals surface area contributed by atoms with E-state index in [1.54, 1.807) is 6.92 Å². The van der Waals surface area contributed by atoms with Crippen molar-refractivity contribution in [2.75, 3.05) is 11.9 Å². The highest BCUT2D eigenvalue weighted by Crippen LogP contribution is 2.13. The molecule has 0 aromatic carbocycles. The SMILES string of the molecule is CC#CCCNc1cn[nH]c(=O)c1Cl. The van der Waals surface area contributed by atoms with E-state index in [9.17, 15) is 4.79 Å². The van der Waals surface area contributed by atoms with Crippen LogP contribution in [-0.2, 0) is 0 Å². The van der Waals surface area contributed by atoms with Gasteiger partial charge in [0, 0.05) is 13.0 Å². The van der Waals surface area contributed by atoms with Gasteiger partial charge in [0.2, 0.25) is 0 Å². The predicted octanol–water partition coefficient (Wildman–Crippen LogP) is 1.25. The van der Waals surface area contributed by atoms with E-state index in [2.05, 4.69) is 27.4 Å². The summed E-state index contributed by atoms with van der Waals surface area (Å²) < 4.78 is 0. The average molecular weight is 212 g/mol. The number of rotatable bonds is 3. The first kappa shape index (κ1) is 10.6. The molecular formula is C9H10ClN3O. The maximum Gasteiger partial charge on any atom is 0.285 e. The number of halogens is 1. The Morgan fingerprint density at radius 3 is 3.21 bits per heavy atom. The molecule has 0 aliphatic rings. The van der Waals surface area contributed by atoms with Crippen LogP contribution in [0.4, 0.5) is 5.69 Å². The van der Waals surface area contributed by atoms with Crippen LogP contribution in [0.15, 0.2) is 11.0 Å². The van der Waals surface area contributed by atoms with Crippen molar-refractivity contribution in [3.63, 3.8) is 0 Å². The lowest BCUT2D eigenvalue weighted by Crippen LogP contribution is -2.12. The number of anilines is 1. The van der Waals surface area contributed by atoms with Crippen molar-refractivity contribution in [3.05, 3.63) is 21.6 Å². The summed E-state index contributed by atoms with van der Waals surface area (Å²) in [6.45, 7) is 2.42. The molecule has 0 spiro atoms. The van der Waals surface area contributed by atoms with Crippen molar-refractivity contribution < 1.29 is 0 Å². The Balaban J connectivity index is 2.62. The van der Waals surface area contributed by atoms with E-state index in [0.29, 0.717) is 18.7 Å². The normalized spacial score (nSPS) is 9.00. The first-order chi connectivity index (χ1) is 6.75. The number of H-pyrrole nitrogens is 1. The van der Waals surface area contributed by atoms with Crippen LogP contribution in [0.5, 0.6) is 0 Å². The summed E-state index contributed by atoms with van der Waals surface area (Å²) in [5, 5.41) is 8.96. The molecule has 1 aromatic heterocycles. The summed E-state index contributed by atoms with van der Waals surface area (Å²) in [5.41, 5.74) is 0.145. The number of aromatic amines is 1. The third-order valence-electron chi connectivity index (χ3n) is 1.54. The Labute approximate surface area is 86.7 Å². The van der Waals surface area contributed by atoms with Gasteiger partial charge in [0.15, 0.2) is 0 Å². The van der Waals surface area contributed by atoms with Crippen molar-refractivity contribution in [2.24, 2.45) is 0 Å². The van der Waals surface area contributed by atoms with Crippen LogP contribution in [0.3, 0.4) is 0 Å². The lowest BCUT2D eigenvalue weighted by Gasteiger charge is -2.03. The Hall–Kier alpha value is -1.47. The minimum absolute atomic E-state index is 0.129. The fourth-order valence-electron chi connectivity index (χ4n) is 0.891. The third-order valence-corrected chi connectivity index (χ3v) is 1.91. The smallest absolute Gasteiger partial charge is 0.285 e. The molecule has 0 bridgehead atoms. The summed E-state index contributed by atoms with van der Waals surface area (Å²) >= 11 is 5.72. The van der Waals surface area contributed by atoms with Gasteiger partial charge in [0.25, 0.3) is 5.56 Å². The van der Waals surface area contributed by atoms with Gasteiger partial charge in [0.05, 0.1) is 11.9 Å².